The quantitative estimate of drug-likeness (QED) is 0.836. The van der Waals surface area contributed by atoms with Crippen LogP contribution in [0.1, 0.15) is 27.5 Å². The lowest BCUT2D eigenvalue weighted by molar-refractivity contribution is 0.0942. The Kier molecular flexibility index (Phi) is 3.14. The van der Waals surface area contributed by atoms with Gasteiger partial charge in [-0.3, -0.25) is 4.79 Å². The number of hydrogen-bond acceptors (Lipinski definition) is 2. The molecule has 1 unspecified atom stereocenters. The third-order valence-electron chi connectivity index (χ3n) is 3.54. The van der Waals surface area contributed by atoms with Crippen molar-refractivity contribution >= 4 is 11.6 Å². The van der Waals surface area contributed by atoms with Gasteiger partial charge < -0.3 is 10.6 Å². The molecule has 20 heavy (non-hydrogen) atoms. The van der Waals surface area contributed by atoms with E-state index in [0.29, 0.717) is 17.8 Å². The summed E-state index contributed by atoms with van der Waals surface area (Å²) in [6, 6.07) is 12.3. The molecule has 4 heteroatoms. The lowest BCUT2D eigenvalue weighted by atomic mass is 10.1. The van der Waals surface area contributed by atoms with Gasteiger partial charge in [0.1, 0.15) is 5.82 Å². The van der Waals surface area contributed by atoms with Crippen molar-refractivity contribution in [3.63, 3.8) is 0 Å². The number of amides is 1. The maximum Gasteiger partial charge on any atom is 0.254 e. The number of carbonyl (C=O) groups is 1. The minimum Gasteiger partial charge on any atom is -0.382 e. The fourth-order valence-corrected chi connectivity index (χ4v) is 2.53. The summed E-state index contributed by atoms with van der Waals surface area (Å²) in [4.78, 5) is 12.3. The Morgan fingerprint density at radius 1 is 1.20 bits per heavy atom. The van der Waals surface area contributed by atoms with Crippen LogP contribution in [0.3, 0.4) is 0 Å². The van der Waals surface area contributed by atoms with Crippen LogP contribution >= 0.6 is 0 Å². The fourth-order valence-electron chi connectivity index (χ4n) is 2.53. The first-order valence-corrected chi connectivity index (χ1v) is 6.55. The third-order valence-corrected chi connectivity index (χ3v) is 3.54. The molecule has 0 aromatic heterocycles. The summed E-state index contributed by atoms with van der Waals surface area (Å²) in [5, 5.41) is 6.19. The van der Waals surface area contributed by atoms with Crippen LogP contribution in [-0.2, 0) is 0 Å². The molecule has 0 radical (unpaired) electrons. The Balaban J connectivity index is 1.97. The first kappa shape index (κ1) is 12.7. The molecular formula is C16H15FN2O. The topological polar surface area (TPSA) is 41.1 Å². The van der Waals surface area contributed by atoms with Gasteiger partial charge in [-0.15, -0.1) is 0 Å². The van der Waals surface area contributed by atoms with Crippen LogP contribution in [0.2, 0.25) is 0 Å². The number of halogens is 1. The highest BCUT2D eigenvalue weighted by molar-refractivity contribution is 6.01. The van der Waals surface area contributed by atoms with Gasteiger partial charge in [-0.2, -0.15) is 0 Å². The van der Waals surface area contributed by atoms with Crippen LogP contribution in [0.5, 0.6) is 0 Å². The monoisotopic (exact) mass is 270 g/mol. The first-order chi connectivity index (χ1) is 9.65. The van der Waals surface area contributed by atoms with E-state index in [2.05, 4.69) is 10.6 Å². The number of fused-ring (bicyclic) bond motifs is 1. The summed E-state index contributed by atoms with van der Waals surface area (Å²) >= 11 is 0. The van der Waals surface area contributed by atoms with Gasteiger partial charge in [0, 0.05) is 6.54 Å². The van der Waals surface area contributed by atoms with E-state index in [4.69, 9.17) is 0 Å². The molecule has 0 spiro atoms. The number of hydrogen-bond donors (Lipinski definition) is 2. The van der Waals surface area contributed by atoms with E-state index in [1.807, 2.05) is 30.3 Å². The lowest BCUT2D eigenvalue weighted by Crippen LogP contribution is -2.29. The van der Waals surface area contributed by atoms with E-state index in [0.717, 1.165) is 11.1 Å². The van der Waals surface area contributed by atoms with Crippen molar-refractivity contribution in [3.8, 4) is 0 Å². The van der Waals surface area contributed by atoms with Crippen LogP contribution in [0.15, 0.2) is 42.5 Å². The standard InChI is InChI=1S/C16H15FN2O/c1-10-7-12(17)8-13-15(10)18-9-14(19-16(13)20)11-5-3-2-4-6-11/h2-8,14,18H,9H2,1H3,(H,19,20). The van der Waals surface area contributed by atoms with Crippen LogP contribution in [-0.4, -0.2) is 12.5 Å². The van der Waals surface area contributed by atoms with E-state index in [1.54, 1.807) is 6.92 Å². The number of anilines is 1. The van der Waals surface area contributed by atoms with Crippen LogP contribution in [0.25, 0.3) is 0 Å². The maximum atomic E-state index is 13.5. The zero-order valence-corrected chi connectivity index (χ0v) is 11.1. The van der Waals surface area contributed by atoms with Crippen molar-refractivity contribution < 1.29 is 9.18 Å². The molecule has 2 N–H and O–H groups in total. The normalized spacial score (nSPS) is 17.7. The number of benzene rings is 2. The second-order valence-corrected chi connectivity index (χ2v) is 4.96. The maximum absolute atomic E-state index is 13.5. The molecule has 0 saturated carbocycles. The van der Waals surface area contributed by atoms with Gasteiger partial charge >= 0.3 is 0 Å². The number of carbonyl (C=O) groups excluding carboxylic acids is 1. The van der Waals surface area contributed by atoms with Gasteiger partial charge in [0.15, 0.2) is 0 Å². The van der Waals surface area contributed by atoms with E-state index >= 15 is 0 Å². The molecule has 2 aromatic rings. The van der Waals surface area contributed by atoms with Gasteiger partial charge in [-0.25, -0.2) is 4.39 Å². The summed E-state index contributed by atoms with van der Waals surface area (Å²) in [6.45, 7) is 2.38. The van der Waals surface area contributed by atoms with Gasteiger partial charge in [-0.05, 0) is 30.2 Å². The Bertz CT molecular complexity index is 655. The SMILES string of the molecule is Cc1cc(F)cc2c1NCC(c1ccccc1)NC2=O. The highest BCUT2D eigenvalue weighted by Gasteiger charge is 2.24. The van der Waals surface area contributed by atoms with Crippen molar-refractivity contribution in [3.05, 3.63) is 65.0 Å². The minimum atomic E-state index is -0.392. The Morgan fingerprint density at radius 3 is 2.70 bits per heavy atom. The average Bonchev–Trinajstić information content (AvgIpc) is 2.60. The van der Waals surface area contributed by atoms with E-state index in [1.165, 1.54) is 12.1 Å². The largest absolute Gasteiger partial charge is 0.382 e. The minimum absolute atomic E-state index is 0.126. The zero-order chi connectivity index (χ0) is 14.1. The third kappa shape index (κ3) is 2.25. The van der Waals surface area contributed by atoms with Crippen molar-refractivity contribution in [2.45, 2.75) is 13.0 Å². The van der Waals surface area contributed by atoms with Gasteiger partial charge in [-0.1, -0.05) is 30.3 Å². The average molecular weight is 270 g/mol. The summed E-state index contributed by atoms with van der Waals surface area (Å²) < 4.78 is 13.5. The van der Waals surface area contributed by atoms with Crippen molar-refractivity contribution in [1.82, 2.24) is 5.32 Å². The molecule has 2 aromatic carbocycles. The molecule has 1 aliphatic heterocycles. The molecular weight excluding hydrogens is 255 g/mol. The first-order valence-electron chi connectivity index (χ1n) is 6.55. The summed E-state index contributed by atoms with van der Waals surface area (Å²) in [5.41, 5.74) is 2.84. The van der Waals surface area contributed by atoms with E-state index in [-0.39, 0.29) is 11.9 Å². The molecule has 0 bridgehead atoms. The second kappa shape index (κ2) is 4.96. The van der Waals surface area contributed by atoms with Crippen molar-refractivity contribution in [2.24, 2.45) is 0 Å². The number of rotatable bonds is 1. The molecule has 0 saturated heterocycles. The predicted molar refractivity (Wildman–Crippen MR) is 76.3 cm³/mol. The van der Waals surface area contributed by atoms with Crippen molar-refractivity contribution in [1.29, 1.82) is 0 Å². The molecule has 1 amide bonds. The summed E-state index contributed by atoms with van der Waals surface area (Å²) in [5.74, 6) is -0.641. The van der Waals surface area contributed by atoms with Crippen LogP contribution < -0.4 is 10.6 Å². The molecule has 1 aliphatic rings. The Hall–Kier alpha value is -2.36. The fraction of sp³-hybridized carbons (Fsp3) is 0.188. The van der Waals surface area contributed by atoms with E-state index < -0.39 is 5.82 Å². The molecule has 3 rings (SSSR count). The Morgan fingerprint density at radius 2 is 1.95 bits per heavy atom. The van der Waals surface area contributed by atoms with Gasteiger partial charge in [0.25, 0.3) is 5.91 Å². The number of aryl methyl sites for hydroxylation is 1. The number of nitrogens with one attached hydrogen (secondary N) is 2. The molecule has 1 heterocycles. The summed E-state index contributed by atoms with van der Waals surface area (Å²) in [7, 11) is 0. The molecule has 102 valence electrons. The smallest absolute Gasteiger partial charge is 0.254 e. The highest BCUT2D eigenvalue weighted by Crippen LogP contribution is 2.27. The van der Waals surface area contributed by atoms with Gasteiger partial charge in [0.05, 0.1) is 17.3 Å². The zero-order valence-electron chi connectivity index (χ0n) is 11.1. The summed E-state index contributed by atoms with van der Waals surface area (Å²) in [6.07, 6.45) is 0. The Labute approximate surface area is 116 Å². The lowest BCUT2D eigenvalue weighted by Gasteiger charge is -2.16. The van der Waals surface area contributed by atoms with E-state index in [9.17, 15) is 9.18 Å². The molecule has 1 atom stereocenters. The van der Waals surface area contributed by atoms with Crippen LogP contribution in [0.4, 0.5) is 10.1 Å². The second-order valence-electron chi connectivity index (χ2n) is 4.96. The predicted octanol–water partition coefficient (Wildman–Crippen LogP) is 3.03. The highest BCUT2D eigenvalue weighted by atomic mass is 19.1. The molecule has 3 nitrogen and oxygen atoms in total. The van der Waals surface area contributed by atoms with Gasteiger partial charge in [0.2, 0.25) is 0 Å². The molecule has 0 aliphatic carbocycles. The molecule has 0 fully saturated rings. The van der Waals surface area contributed by atoms with Crippen LogP contribution in [0, 0.1) is 12.7 Å². The van der Waals surface area contributed by atoms with Crippen molar-refractivity contribution in [2.75, 3.05) is 11.9 Å².